The number of halogens is 3. The minimum atomic E-state index is -4.54. The fourth-order valence-corrected chi connectivity index (χ4v) is 5.72. The van der Waals surface area contributed by atoms with E-state index >= 15 is 0 Å². The van der Waals surface area contributed by atoms with Crippen molar-refractivity contribution in [3.63, 3.8) is 0 Å². The monoisotopic (exact) mass is 807 g/mol. The molecule has 58 heavy (non-hydrogen) atoms. The molecule has 0 atom stereocenters. The number of fused-ring (bicyclic) bond motifs is 1. The van der Waals surface area contributed by atoms with Crippen molar-refractivity contribution in [2.24, 2.45) is 0 Å². The Labute approximate surface area is 338 Å². The zero-order chi connectivity index (χ0) is 43.0. The van der Waals surface area contributed by atoms with E-state index in [0.717, 1.165) is 71.9 Å². The van der Waals surface area contributed by atoms with Crippen LogP contribution in [-0.4, -0.2) is 70.0 Å². The van der Waals surface area contributed by atoms with Crippen LogP contribution in [0.2, 0.25) is 0 Å². The predicted molar refractivity (Wildman–Crippen MR) is 222 cm³/mol. The molecule has 2 amide bonds. The highest BCUT2D eigenvalue weighted by molar-refractivity contribution is 6.05. The Morgan fingerprint density at radius 2 is 1.55 bits per heavy atom. The van der Waals surface area contributed by atoms with E-state index in [1.807, 2.05) is 67.5 Å². The molecule has 1 aliphatic rings. The van der Waals surface area contributed by atoms with Gasteiger partial charge in [0.05, 0.1) is 30.9 Å². The third-order valence-electron chi connectivity index (χ3n) is 8.48. The second-order valence-electron chi connectivity index (χ2n) is 13.6. The van der Waals surface area contributed by atoms with E-state index in [-0.39, 0.29) is 23.1 Å². The van der Waals surface area contributed by atoms with Crippen molar-refractivity contribution in [3.05, 3.63) is 89.2 Å². The average molecular weight is 808 g/mol. The summed E-state index contributed by atoms with van der Waals surface area (Å²) < 4.78 is 55.0. The van der Waals surface area contributed by atoms with Crippen molar-refractivity contribution in [2.45, 2.75) is 93.0 Å². The first kappa shape index (κ1) is 46.5. The molecule has 15 heteroatoms. The lowest BCUT2D eigenvalue weighted by molar-refractivity contribution is -0.137. The molecule has 6 rings (SSSR count). The van der Waals surface area contributed by atoms with Crippen LogP contribution in [0, 0.1) is 6.92 Å². The van der Waals surface area contributed by atoms with Crippen LogP contribution in [0.5, 0.6) is 11.5 Å². The van der Waals surface area contributed by atoms with Gasteiger partial charge in [0.1, 0.15) is 34.3 Å². The highest BCUT2D eigenvalue weighted by atomic mass is 19.4. The molecule has 3 aromatic heterocycles. The fraction of sp³-hybridized carbons (Fsp3) is 0.419. The summed E-state index contributed by atoms with van der Waals surface area (Å²) in [7, 11) is 3.18. The molecule has 0 saturated carbocycles. The van der Waals surface area contributed by atoms with E-state index in [1.54, 1.807) is 55.6 Å². The number of nitrogens with zero attached hydrogens (tertiary/aromatic N) is 4. The number of likely N-dealkylation sites (tertiary alicyclic amines) is 1. The first-order chi connectivity index (χ1) is 27.7. The van der Waals surface area contributed by atoms with Gasteiger partial charge in [-0.15, -0.1) is 0 Å². The van der Waals surface area contributed by atoms with Gasteiger partial charge in [-0.05, 0) is 88.9 Å². The second kappa shape index (κ2) is 21.6. The number of methoxy groups -OCH3 is 2. The topological polar surface area (TPSA) is 144 Å². The summed E-state index contributed by atoms with van der Waals surface area (Å²) in [5.74, 6) is 1.17. The molecular formula is C43H56F3N7O5. The van der Waals surface area contributed by atoms with Crippen molar-refractivity contribution in [3.8, 4) is 22.8 Å². The van der Waals surface area contributed by atoms with E-state index in [0.29, 0.717) is 29.6 Å². The van der Waals surface area contributed by atoms with Gasteiger partial charge in [-0.2, -0.15) is 18.3 Å². The second-order valence-corrected chi connectivity index (χ2v) is 13.6. The number of aryl methyl sites for hydroxylation is 1. The van der Waals surface area contributed by atoms with Gasteiger partial charge < -0.3 is 29.7 Å². The Hall–Kier alpha value is -5.86. The van der Waals surface area contributed by atoms with Crippen LogP contribution >= 0.6 is 0 Å². The van der Waals surface area contributed by atoms with Crippen molar-refractivity contribution >= 4 is 34.5 Å². The molecule has 3 N–H and O–H groups in total. The van der Waals surface area contributed by atoms with Crippen LogP contribution in [0.25, 0.3) is 22.2 Å². The highest BCUT2D eigenvalue weighted by Gasteiger charge is 2.31. The number of hydrogen-bond donors (Lipinski definition) is 3. The number of amides is 2. The van der Waals surface area contributed by atoms with Crippen molar-refractivity contribution in [1.82, 2.24) is 25.1 Å². The van der Waals surface area contributed by atoms with Gasteiger partial charge in [-0.3, -0.25) is 9.89 Å². The van der Waals surface area contributed by atoms with E-state index in [4.69, 9.17) is 14.2 Å². The SMILES string of the molecule is CC.CC.CC(C)(C)OC(=O)N1CCCCC1.COc1ccc(CNc2ncc(C)c3n[nH]c(-c4ccc(C(=O)Nc5cc(C(F)(F)F)ccn5)cc4)c23)c(OC)c1. The number of aromatic nitrogens is 4. The average Bonchev–Trinajstić information content (AvgIpc) is 3.68. The summed E-state index contributed by atoms with van der Waals surface area (Å²) >= 11 is 0. The van der Waals surface area contributed by atoms with E-state index in [2.05, 4.69) is 30.8 Å². The zero-order valence-corrected chi connectivity index (χ0v) is 35.1. The maximum absolute atomic E-state index is 13.0. The van der Waals surface area contributed by atoms with Crippen LogP contribution in [0.1, 0.15) is 94.8 Å². The minimum absolute atomic E-state index is 0.160. The molecule has 1 fully saturated rings. The Morgan fingerprint density at radius 1 is 0.879 bits per heavy atom. The molecule has 5 aromatic rings. The third kappa shape index (κ3) is 12.8. The zero-order valence-electron chi connectivity index (χ0n) is 35.1. The summed E-state index contributed by atoms with van der Waals surface area (Å²) in [4.78, 5) is 34.4. The number of ether oxygens (including phenoxy) is 3. The van der Waals surface area contributed by atoms with Crippen LogP contribution < -0.4 is 20.1 Å². The number of H-pyrrole nitrogens is 1. The maximum Gasteiger partial charge on any atom is 0.416 e. The summed E-state index contributed by atoms with van der Waals surface area (Å²) in [5.41, 5.74) is 2.91. The van der Waals surface area contributed by atoms with Gasteiger partial charge in [-0.1, -0.05) is 39.8 Å². The van der Waals surface area contributed by atoms with Crippen molar-refractivity contribution in [2.75, 3.05) is 37.9 Å². The summed E-state index contributed by atoms with van der Waals surface area (Å²) in [6, 6.07) is 13.8. The van der Waals surface area contributed by atoms with Crippen LogP contribution in [0.4, 0.5) is 29.6 Å². The summed E-state index contributed by atoms with van der Waals surface area (Å²) in [6.45, 7) is 17.7. The molecule has 12 nitrogen and oxygen atoms in total. The van der Waals surface area contributed by atoms with Gasteiger partial charge in [0.25, 0.3) is 5.91 Å². The number of alkyl halides is 3. The number of hydrogen-bond acceptors (Lipinski definition) is 9. The maximum atomic E-state index is 13.0. The van der Waals surface area contributed by atoms with Gasteiger partial charge in [0.15, 0.2) is 0 Å². The fourth-order valence-electron chi connectivity index (χ4n) is 5.72. The third-order valence-corrected chi connectivity index (χ3v) is 8.48. The number of benzene rings is 2. The lowest BCUT2D eigenvalue weighted by Gasteiger charge is -2.29. The minimum Gasteiger partial charge on any atom is -0.497 e. The van der Waals surface area contributed by atoms with Crippen LogP contribution in [0.15, 0.2) is 67.0 Å². The predicted octanol–water partition coefficient (Wildman–Crippen LogP) is 10.7. The largest absolute Gasteiger partial charge is 0.497 e. The quantitative estimate of drug-likeness (QED) is 0.140. The Kier molecular flexibility index (Phi) is 17.3. The van der Waals surface area contributed by atoms with Gasteiger partial charge in [0.2, 0.25) is 0 Å². The molecule has 0 aliphatic carbocycles. The molecule has 0 bridgehead atoms. The molecule has 1 saturated heterocycles. The lowest BCUT2D eigenvalue weighted by Crippen LogP contribution is -2.39. The van der Waals surface area contributed by atoms with E-state index in [1.165, 1.54) is 6.42 Å². The number of anilines is 2. The first-order valence-electron chi connectivity index (χ1n) is 19.4. The van der Waals surface area contributed by atoms with Gasteiger partial charge in [0, 0.05) is 54.8 Å². The summed E-state index contributed by atoms with van der Waals surface area (Å²) in [6.07, 6.45) is 1.48. The lowest BCUT2D eigenvalue weighted by atomic mass is 10.0. The number of carbonyl (C=O) groups is 2. The number of aromatic amines is 1. The number of pyridine rings is 2. The van der Waals surface area contributed by atoms with E-state index in [9.17, 15) is 22.8 Å². The van der Waals surface area contributed by atoms with Crippen molar-refractivity contribution in [1.29, 1.82) is 0 Å². The first-order valence-corrected chi connectivity index (χ1v) is 19.4. The summed E-state index contributed by atoms with van der Waals surface area (Å²) in [5, 5.41) is 14.1. The molecule has 0 unspecified atom stereocenters. The number of nitrogens with one attached hydrogen (secondary N) is 3. The molecule has 314 valence electrons. The van der Waals surface area contributed by atoms with Crippen LogP contribution in [-0.2, 0) is 17.5 Å². The number of piperidine rings is 1. The highest BCUT2D eigenvalue weighted by Crippen LogP contribution is 2.34. The van der Waals surface area contributed by atoms with Crippen molar-refractivity contribution < 1.29 is 37.0 Å². The Bertz CT molecular complexity index is 2070. The normalized spacial score (nSPS) is 12.4. The Morgan fingerprint density at radius 3 is 2.16 bits per heavy atom. The Balaban J connectivity index is 0.000000446. The molecule has 0 radical (unpaired) electrons. The molecule has 1 aliphatic heterocycles. The molecular weight excluding hydrogens is 752 g/mol. The molecule has 0 spiro atoms. The smallest absolute Gasteiger partial charge is 0.416 e. The standard InChI is InChI=1S/C29H25F3N6O3.C10H19NO2.2C2H6/c1-16-14-34-27(35-15-19-8-9-21(40-2)13-22(19)41-3)24-25(16)37-38-26(24)17-4-6-18(7-5-17)28(39)36-23-12-20(10-11-33-23)29(30,31)32;1-10(2,3)13-9(12)11-7-5-4-6-8-11;2*1-2/h4-14H,15H2,1-3H3,(H,34,35)(H,37,38)(H,33,36,39);4-8H2,1-3H3;2*1-2H3. The molecule has 4 heterocycles. The number of carbonyl (C=O) groups excluding carboxylic acids is 2. The van der Waals surface area contributed by atoms with Gasteiger partial charge in [-0.25, -0.2) is 14.8 Å². The van der Waals surface area contributed by atoms with Gasteiger partial charge >= 0.3 is 12.3 Å². The van der Waals surface area contributed by atoms with E-state index < -0.39 is 17.6 Å². The molecule has 2 aromatic carbocycles. The number of rotatable bonds is 8. The van der Waals surface area contributed by atoms with Crippen LogP contribution in [0.3, 0.4) is 0 Å².